The summed E-state index contributed by atoms with van der Waals surface area (Å²) in [6.45, 7) is 0. The van der Waals surface area contributed by atoms with Crippen molar-refractivity contribution in [3.63, 3.8) is 0 Å². The molecule has 0 unspecified atom stereocenters. The minimum Gasteiger partial charge on any atom is -0.310 e. The fourth-order valence-electron chi connectivity index (χ4n) is 10.7. The Morgan fingerprint density at radius 1 is 0.268 bits per heavy atom. The van der Waals surface area contributed by atoms with E-state index in [2.05, 4.69) is 275 Å². The summed E-state index contributed by atoms with van der Waals surface area (Å²) in [6.07, 6.45) is 0. The van der Waals surface area contributed by atoms with Gasteiger partial charge in [0, 0.05) is 96.5 Å². The van der Waals surface area contributed by atoms with E-state index in [1.54, 1.807) is 0 Å². The van der Waals surface area contributed by atoms with Crippen LogP contribution in [0.15, 0.2) is 261 Å². The molecule has 3 heterocycles. The van der Waals surface area contributed by atoms with E-state index in [-0.39, 0.29) is 0 Å². The van der Waals surface area contributed by atoms with Crippen LogP contribution in [0.25, 0.3) is 90.1 Å². The number of hydrogen-bond acceptors (Lipinski definition) is 4. The molecule has 0 spiro atoms. The molecular formula is C66H43N3S2. The average Bonchev–Trinajstić information content (AvgIpc) is 4.11. The normalized spacial score (nSPS) is 11.7. The van der Waals surface area contributed by atoms with Crippen molar-refractivity contribution in [2.75, 3.05) is 9.80 Å². The lowest BCUT2D eigenvalue weighted by Crippen LogP contribution is -2.09. The molecule has 71 heavy (non-hydrogen) atoms. The summed E-state index contributed by atoms with van der Waals surface area (Å²) < 4.78 is 7.57. The van der Waals surface area contributed by atoms with E-state index in [0.29, 0.717) is 0 Å². The van der Waals surface area contributed by atoms with E-state index < -0.39 is 0 Å². The lowest BCUT2D eigenvalue weighted by Gasteiger charge is -2.25. The van der Waals surface area contributed by atoms with Crippen molar-refractivity contribution in [1.82, 2.24) is 4.57 Å². The number of anilines is 6. The molecule has 334 valence electrons. The second-order valence-electron chi connectivity index (χ2n) is 18.1. The molecule has 0 saturated carbocycles. The second kappa shape index (κ2) is 17.0. The van der Waals surface area contributed by atoms with Gasteiger partial charge >= 0.3 is 0 Å². The van der Waals surface area contributed by atoms with Crippen molar-refractivity contribution in [2.24, 2.45) is 0 Å². The zero-order valence-electron chi connectivity index (χ0n) is 38.5. The summed E-state index contributed by atoms with van der Waals surface area (Å²) in [5.74, 6) is 0. The highest BCUT2D eigenvalue weighted by Gasteiger charge is 2.22. The highest BCUT2D eigenvalue weighted by Crippen LogP contribution is 2.47. The summed E-state index contributed by atoms with van der Waals surface area (Å²) in [5, 5.41) is 7.50. The van der Waals surface area contributed by atoms with Gasteiger partial charge in [0.1, 0.15) is 0 Å². The fraction of sp³-hybridized carbons (Fsp3) is 0. The zero-order valence-corrected chi connectivity index (χ0v) is 40.1. The lowest BCUT2D eigenvalue weighted by molar-refractivity contribution is 1.18. The van der Waals surface area contributed by atoms with Gasteiger partial charge in [0.05, 0.1) is 11.0 Å². The molecule has 0 radical (unpaired) electrons. The Labute approximate surface area is 419 Å². The third-order valence-electron chi connectivity index (χ3n) is 13.9. The first-order chi connectivity index (χ1) is 35.2. The number of para-hydroxylation sites is 6. The average molecular weight is 942 g/mol. The molecule has 0 saturated heterocycles. The maximum atomic E-state index is 2.47. The van der Waals surface area contributed by atoms with Crippen LogP contribution in [0, 0.1) is 0 Å². The van der Waals surface area contributed by atoms with E-state index in [9.17, 15) is 0 Å². The molecule has 0 amide bonds. The lowest BCUT2D eigenvalue weighted by atomic mass is 9.94. The Hall–Kier alpha value is -8.74. The monoisotopic (exact) mass is 941 g/mol. The van der Waals surface area contributed by atoms with Gasteiger partial charge in [-0.2, -0.15) is 0 Å². The molecule has 5 heteroatoms. The van der Waals surface area contributed by atoms with E-state index in [1.807, 2.05) is 22.7 Å². The number of hydrogen-bond donors (Lipinski definition) is 0. The van der Waals surface area contributed by atoms with Crippen molar-refractivity contribution in [2.45, 2.75) is 0 Å². The number of aromatic nitrogens is 1. The molecule has 0 fully saturated rings. The SMILES string of the molecule is c1ccc(N(c2ccccc2)c2ccc3sc4ccc(-c5cc(-c6ccc7sc8ccc(N(c9ccccc9)c9ccccc9)cc8c7c6)c6c(c5)c5ccccc5n6-c5ccccc5)cc4c3c2)cc1. The van der Waals surface area contributed by atoms with Crippen LogP contribution in [-0.4, -0.2) is 4.57 Å². The van der Waals surface area contributed by atoms with Gasteiger partial charge in [-0.25, -0.2) is 0 Å². The minimum atomic E-state index is 1.13. The zero-order chi connectivity index (χ0) is 46.8. The molecule has 0 aliphatic carbocycles. The van der Waals surface area contributed by atoms with Gasteiger partial charge in [-0.3, -0.25) is 0 Å². The first-order valence-electron chi connectivity index (χ1n) is 24.1. The van der Waals surface area contributed by atoms with Gasteiger partial charge in [-0.15, -0.1) is 22.7 Å². The third kappa shape index (κ3) is 7.08. The standard InChI is InChI=1S/C66H43N3S2/c1-6-18-47(19-7-1)67(48-20-8-2-9-21-48)52-32-36-64-58(42-52)56-38-44(30-34-62(56)70-64)46-40-55(66-60(41-46)54-28-16-17-29-61(54)69(66)51-26-14-5-15-27-51)45-31-35-63-57(39-45)59-43-53(33-37-65(59)71-63)68(49-22-10-3-11-23-49)50-24-12-4-13-25-50/h1-43H. The maximum absolute atomic E-state index is 2.47. The highest BCUT2D eigenvalue weighted by molar-refractivity contribution is 7.26. The Kier molecular flexibility index (Phi) is 9.90. The predicted molar refractivity (Wildman–Crippen MR) is 307 cm³/mol. The number of fused-ring (bicyclic) bond motifs is 9. The van der Waals surface area contributed by atoms with E-state index in [1.165, 1.54) is 84.4 Å². The summed E-state index contributed by atoms with van der Waals surface area (Å²) >= 11 is 3.72. The molecule has 11 aromatic carbocycles. The van der Waals surface area contributed by atoms with Crippen LogP contribution in [0.5, 0.6) is 0 Å². The first kappa shape index (κ1) is 41.3. The molecule has 3 aromatic heterocycles. The van der Waals surface area contributed by atoms with Crippen LogP contribution in [0.1, 0.15) is 0 Å². The molecule has 3 nitrogen and oxygen atoms in total. The molecule has 14 rings (SSSR count). The highest BCUT2D eigenvalue weighted by atomic mass is 32.1. The third-order valence-corrected chi connectivity index (χ3v) is 16.2. The van der Waals surface area contributed by atoms with Crippen LogP contribution in [0.2, 0.25) is 0 Å². The van der Waals surface area contributed by atoms with Crippen molar-refractivity contribution in [1.29, 1.82) is 0 Å². The maximum Gasteiger partial charge on any atom is 0.0619 e. The van der Waals surface area contributed by atoms with E-state index in [0.717, 1.165) is 39.8 Å². The van der Waals surface area contributed by atoms with Crippen LogP contribution >= 0.6 is 22.7 Å². The quantitative estimate of drug-likeness (QED) is 0.143. The summed E-state index contributed by atoms with van der Waals surface area (Å²) in [6, 6.07) is 95.4. The predicted octanol–water partition coefficient (Wildman–Crippen LogP) is 19.8. The van der Waals surface area contributed by atoms with Gasteiger partial charge in [-0.1, -0.05) is 121 Å². The molecule has 0 aliphatic rings. The number of rotatable bonds is 9. The smallest absolute Gasteiger partial charge is 0.0619 e. The summed E-state index contributed by atoms with van der Waals surface area (Å²) in [5.41, 5.74) is 15.1. The fourth-order valence-corrected chi connectivity index (χ4v) is 12.8. The summed E-state index contributed by atoms with van der Waals surface area (Å²) in [7, 11) is 0. The Balaban J connectivity index is 0.976. The first-order valence-corrected chi connectivity index (χ1v) is 25.7. The van der Waals surface area contributed by atoms with Crippen molar-refractivity contribution in [3.05, 3.63) is 261 Å². The minimum absolute atomic E-state index is 1.13. The van der Waals surface area contributed by atoms with Gasteiger partial charge in [0.2, 0.25) is 0 Å². The van der Waals surface area contributed by atoms with Crippen LogP contribution in [0.4, 0.5) is 34.1 Å². The second-order valence-corrected chi connectivity index (χ2v) is 20.3. The van der Waals surface area contributed by atoms with Crippen LogP contribution < -0.4 is 9.80 Å². The van der Waals surface area contributed by atoms with Crippen molar-refractivity contribution >= 4 is 119 Å². The van der Waals surface area contributed by atoms with E-state index >= 15 is 0 Å². The van der Waals surface area contributed by atoms with Gasteiger partial charge in [-0.05, 0) is 156 Å². The number of nitrogens with zero attached hydrogens (tertiary/aromatic N) is 3. The summed E-state index contributed by atoms with van der Waals surface area (Å²) in [4.78, 5) is 4.71. The number of benzene rings is 11. The van der Waals surface area contributed by atoms with Crippen molar-refractivity contribution < 1.29 is 0 Å². The van der Waals surface area contributed by atoms with E-state index in [4.69, 9.17) is 0 Å². The molecule has 0 aliphatic heterocycles. The van der Waals surface area contributed by atoms with Gasteiger partial charge in [0.15, 0.2) is 0 Å². The molecule has 0 atom stereocenters. The topological polar surface area (TPSA) is 11.4 Å². The molecular weight excluding hydrogens is 899 g/mol. The Bertz CT molecular complexity index is 4200. The molecule has 0 bridgehead atoms. The van der Waals surface area contributed by atoms with Crippen molar-refractivity contribution in [3.8, 4) is 27.9 Å². The van der Waals surface area contributed by atoms with Crippen LogP contribution in [0.3, 0.4) is 0 Å². The van der Waals surface area contributed by atoms with Gasteiger partial charge in [0.25, 0.3) is 0 Å². The Morgan fingerprint density at radius 3 is 1.17 bits per heavy atom. The molecule has 14 aromatic rings. The van der Waals surface area contributed by atoms with Gasteiger partial charge < -0.3 is 14.4 Å². The Morgan fingerprint density at radius 2 is 0.662 bits per heavy atom. The number of thiophene rings is 2. The van der Waals surface area contributed by atoms with Crippen LogP contribution in [-0.2, 0) is 0 Å². The molecule has 0 N–H and O–H groups in total. The largest absolute Gasteiger partial charge is 0.310 e.